The summed E-state index contributed by atoms with van der Waals surface area (Å²) in [5.41, 5.74) is 2.24. The smallest absolute Gasteiger partial charge is 0.230 e. The van der Waals surface area contributed by atoms with E-state index in [9.17, 15) is 4.79 Å². The molecule has 3 rings (SSSR count). The Morgan fingerprint density at radius 2 is 1.93 bits per heavy atom. The number of aromatic nitrogens is 3. The first-order chi connectivity index (χ1) is 14.6. The largest absolute Gasteiger partial charge is 0.483 e. The number of nitrogens with one attached hydrogen (secondary N) is 1. The summed E-state index contributed by atoms with van der Waals surface area (Å²) in [6.07, 6.45) is 1.49. The summed E-state index contributed by atoms with van der Waals surface area (Å²) in [5.74, 6) is 1.68. The third kappa shape index (κ3) is 5.97. The number of hydrogen-bond donors (Lipinski definition) is 1. The molecule has 0 aliphatic heterocycles. The fourth-order valence-corrected chi connectivity index (χ4v) is 3.64. The van der Waals surface area contributed by atoms with Crippen LogP contribution in [0.4, 0.5) is 0 Å². The lowest BCUT2D eigenvalue weighted by Crippen LogP contribution is -2.24. The fourth-order valence-electron chi connectivity index (χ4n) is 2.86. The van der Waals surface area contributed by atoms with E-state index in [4.69, 9.17) is 4.74 Å². The van der Waals surface area contributed by atoms with Crippen LogP contribution in [0.5, 0.6) is 5.75 Å². The van der Waals surface area contributed by atoms with Gasteiger partial charge in [-0.15, -0.1) is 16.8 Å². The second-order valence-electron chi connectivity index (χ2n) is 6.86. The molecule has 1 N–H and O–H groups in total. The zero-order valence-electron chi connectivity index (χ0n) is 17.2. The van der Waals surface area contributed by atoms with Crippen LogP contribution in [0.25, 0.3) is 0 Å². The summed E-state index contributed by atoms with van der Waals surface area (Å²) in [6, 6.07) is 17.7. The van der Waals surface area contributed by atoms with Gasteiger partial charge in [0.05, 0.1) is 5.75 Å². The highest BCUT2D eigenvalue weighted by Crippen LogP contribution is 2.25. The summed E-state index contributed by atoms with van der Waals surface area (Å²) in [5, 5.41) is 12.2. The van der Waals surface area contributed by atoms with Crippen LogP contribution in [0.3, 0.4) is 0 Å². The average molecular weight is 423 g/mol. The highest BCUT2D eigenvalue weighted by molar-refractivity contribution is 7.99. The molecule has 0 saturated carbocycles. The maximum atomic E-state index is 12.2. The molecule has 156 valence electrons. The Balaban J connectivity index is 1.61. The Bertz CT molecular complexity index is 971. The molecule has 1 amide bonds. The Labute approximate surface area is 181 Å². The number of aryl methyl sites for hydroxylation is 1. The van der Waals surface area contributed by atoms with Crippen LogP contribution in [-0.2, 0) is 17.9 Å². The maximum absolute atomic E-state index is 12.2. The normalized spacial score (nSPS) is 11.7. The van der Waals surface area contributed by atoms with Crippen molar-refractivity contribution in [3.05, 3.63) is 84.2 Å². The van der Waals surface area contributed by atoms with Gasteiger partial charge >= 0.3 is 0 Å². The molecule has 0 saturated heterocycles. The molecule has 0 radical (unpaired) electrons. The molecule has 30 heavy (non-hydrogen) atoms. The molecular weight excluding hydrogens is 396 g/mol. The van der Waals surface area contributed by atoms with Gasteiger partial charge in [0, 0.05) is 13.1 Å². The number of carbonyl (C=O) groups excluding carboxylic acids is 1. The van der Waals surface area contributed by atoms with Gasteiger partial charge in [-0.25, -0.2) is 0 Å². The van der Waals surface area contributed by atoms with Gasteiger partial charge in [0.2, 0.25) is 5.91 Å². The van der Waals surface area contributed by atoms with E-state index in [0.29, 0.717) is 24.1 Å². The van der Waals surface area contributed by atoms with E-state index in [-0.39, 0.29) is 17.8 Å². The van der Waals surface area contributed by atoms with E-state index < -0.39 is 0 Å². The molecule has 1 atom stereocenters. The second-order valence-corrected chi connectivity index (χ2v) is 7.81. The zero-order chi connectivity index (χ0) is 21.3. The van der Waals surface area contributed by atoms with E-state index >= 15 is 0 Å². The fraction of sp³-hybridized carbons (Fsp3) is 0.261. The summed E-state index contributed by atoms with van der Waals surface area (Å²) >= 11 is 1.35. The number of carbonyl (C=O) groups is 1. The number of nitrogens with zero attached hydrogens (tertiary/aromatic N) is 3. The lowest BCUT2D eigenvalue weighted by molar-refractivity contribution is -0.118. The van der Waals surface area contributed by atoms with Gasteiger partial charge in [0.25, 0.3) is 0 Å². The van der Waals surface area contributed by atoms with E-state index in [2.05, 4.69) is 22.1 Å². The van der Waals surface area contributed by atoms with Crippen LogP contribution in [0.15, 0.2) is 72.4 Å². The van der Waals surface area contributed by atoms with Gasteiger partial charge in [-0.2, -0.15) is 0 Å². The number of ether oxygens (including phenoxy) is 1. The van der Waals surface area contributed by atoms with Crippen molar-refractivity contribution < 1.29 is 9.53 Å². The molecule has 0 aliphatic carbocycles. The third-order valence-electron chi connectivity index (χ3n) is 4.42. The SMILES string of the molecule is C=CCn1c(SCC(=O)NCc2ccccc2)nnc1C(C)Oc1ccc(C)cc1. The van der Waals surface area contributed by atoms with Crippen molar-refractivity contribution in [3.63, 3.8) is 0 Å². The lowest BCUT2D eigenvalue weighted by atomic mass is 10.2. The molecule has 1 unspecified atom stereocenters. The van der Waals surface area contributed by atoms with Crippen LogP contribution in [0.2, 0.25) is 0 Å². The maximum Gasteiger partial charge on any atom is 0.230 e. The minimum absolute atomic E-state index is 0.0532. The van der Waals surface area contributed by atoms with Crippen molar-refractivity contribution in [2.75, 3.05) is 5.75 Å². The quantitative estimate of drug-likeness (QED) is 0.389. The summed E-state index contributed by atoms with van der Waals surface area (Å²) in [7, 11) is 0. The highest BCUT2D eigenvalue weighted by Gasteiger charge is 2.19. The van der Waals surface area contributed by atoms with Crippen molar-refractivity contribution in [1.82, 2.24) is 20.1 Å². The van der Waals surface area contributed by atoms with Gasteiger partial charge in [0.15, 0.2) is 17.1 Å². The summed E-state index contributed by atoms with van der Waals surface area (Å²) in [4.78, 5) is 12.2. The number of thioether (sulfide) groups is 1. The minimum Gasteiger partial charge on any atom is -0.483 e. The molecule has 0 spiro atoms. The van der Waals surface area contributed by atoms with E-state index in [1.165, 1.54) is 17.3 Å². The monoisotopic (exact) mass is 422 g/mol. The van der Waals surface area contributed by atoms with E-state index in [1.54, 1.807) is 6.08 Å². The van der Waals surface area contributed by atoms with Crippen LogP contribution < -0.4 is 10.1 Å². The topological polar surface area (TPSA) is 69.0 Å². The molecule has 0 fully saturated rings. The molecule has 1 heterocycles. The van der Waals surface area contributed by atoms with Gasteiger partial charge in [-0.3, -0.25) is 9.36 Å². The molecular formula is C23H26N4O2S. The van der Waals surface area contributed by atoms with Crippen molar-refractivity contribution >= 4 is 17.7 Å². The Morgan fingerprint density at radius 3 is 2.63 bits per heavy atom. The third-order valence-corrected chi connectivity index (χ3v) is 5.39. The Morgan fingerprint density at radius 1 is 1.20 bits per heavy atom. The first-order valence-corrected chi connectivity index (χ1v) is 10.8. The number of hydrogen-bond acceptors (Lipinski definition) is 5. The average Bonchev–Trinajstić information content (AvgIpc) is 3.16. The van der Waals surface area contributed by atoms with Crippen LogP contribution in [-0.4, -0.2) is 26.4 Å². The van der Waals surface area contributed by atoms with Crippen LogP contribution in [0.1, 0.15) is 30.0 Å². The lowest BCUT2D eigenvalue weighted by Gasteiger charge is -2.16. The van der Waals surface area contributed by atoms with Gasteiger partial charge in [-0.05, 0) is 31.5 Å². The number of amides is 1. The van der Waals surface area contributed by atoms with Gasteiger partial charge in [-0.1, -0.05) is 65.9 Å². The molecule has 6 nitrogen and oxygen atoms in total. The molecule has 0 aliphatic rings. The Kier molecular flexibility index (Phi) is 7.68. The molecule has 0 bridgehead atoms. The van der Waals surface area contributed by atoms with E-state index in [0.717, 1.165) is 11.3 Å². The number of benzene rings is 2. The van der Waals surface area contributed by atoms with Crippen molar-refractivity contribution in [1.29, 1.82) is 0 Å². The number of allylic oxidation sites excluding steroid dienone is 1. The number of rotatable bonds is 10. The Hall–Kier alpha value is -3.06. The van der Waals surface area contributed by atoms with Crippen molar-refractivity contribution in [3.8, 4) is 5.75 Å². The highest BCUT2D eigenvalue weighted by atomic mass is 32.2. The van der Waals surface area contributed by atoms with Gasteiger partial charge < -0.3 is 10.1 Å². The molecule has 2 aromatic carbocycles. The van der Waals surface area contributed by atoms with Gasteiger partial charge in [0.1, 0.15) is 5.75 Å². The van der Waals surface area contributed by atoms with Crippen LogP contribution >= 0.6 is 11.8 Å². The standard InChI is InChI=1S/C23H26N4O2S/c1-4-14-27-22(18(3)29-20-12-10-17(2)11-13-20)25-26-23(27)30-16-21(28)24-15-19-8-6-5-7-9-19/h4-13,18H,1,14-16H2,2-3H3,(H,24,28). The summed E-state index contributed by atoms with van der Waals surface area (Å²) < 4.78 is 7.95. The van der Waals surface area contributed by atoms with Crippen LogP contribution in [0, 0.1) is 6.92 Å². The predicted molar refractivity (Wildman–Crippen MR) is 119 cm³/mol. The molecule has 3 aromatic rings. The molecule has 7 heteroatoms. The summed E-state index contributed by atoms with van der Waals surface area (Å²) in [6.45, 7) is 8.84. The molecule has 1 aromatic heterocycles. The first-order valence-electron chi connectivity index (χ1n) is 9.77. The van der Waals surface area contributed by atoms with Crippen molar-refractivity contribution in [2.45, 2.75) is 38.2 Å². The zero-order valence-corrected chi connectivity index (χ0v) is 18.1. The first kappa shape index (κ1) is 21.6. The van der Waals surface area contributed by atoms with E-state index in [1.807, 2.05) is 73.0 Å². The minimum atomic E-state index is -0.290. The van der Waals surface area contributed by atoms with Crippen molar-refractivity contribution in [2.24, 2.45) is 0 Å². The second kappa shape index (κ2) is 10.6. The predicted octanol–water partition coefficient (Wildman–Crippen LogP) is 4.32.